The Morgan fingerprint density at radius 1 is 1.15 bits per heavy atom. The first-order valence-electron chi connectivity index (χ1n) is 7.66. The van der Waals surface area contributed by atoms with Gasteiger partial charge in [0, 0.05) is 16.5 Å². The molecule has 0 fully saturated rings. The molecular formula is C19H13F3N2OS. The van der Waals surface area contributed by atoms with E-state index in [1.165, 1.54) is 17.8 Å². The number of nitrogens with one attached hydrogen (secondary N) is 1. The molecule has 1 aromatic heterocycles. The van der Waals surface area contributed by atoms with Gasteiger partial charge in [0.05, 0.1) is 10.6 Å². The normalized spacial score (nSPS) is 11.5. The van der Waals surface area contributed by atoms with Gasteiger partial charge < -0.3 is 4.98 Å². The second-order valence-corrected chi connectivity index (χ2v) is 6.73. The summed E-state index contributed by atoms with van der Waals surface area (Å²) in [5.41, 5.74) is 0.457. The molecule has 0 radical (unpaired) electrons. The van der Waals surface area contributed by atoms with Crippen LogP contribution in [0.2, 0.25) is 0 Å². The van der Waals surface area contributed by atoms with Crippen LogP contribution in [-0.4, -0.2) is 4.98 Å². The van der Waals surface area contributed by atoms with Crippen molar-refractivity contribution in [3.8, 4) is 6.07 Å². The zero-order valence-electron chi connectivity index (χ0n) is 13.6. The number of alkyl halides is 3. The van der Waals surface area contributed by atoms with Crippen molar-refractivity contribution in [1.82, 2.24) is 4.98 Å². The number of aromatic nitrogens is 1. The minimum atomic E-state index is -4.50. The topological polar surface area (TPSA) is 56.6 Å². The van der Waals surface area contributed by atoms with Gasteiger partial charge in [-0.25, -0.2) is 0 Å². The van der Waals surface area contributed by atoms with E-state index in [0.29, 0.717) is 10.8 Å². The fourth-order valence-corrected chi connectivity index (χ4v) is 3.74. The van der Waals surface area contributed by atoms with E-state index in [1.54, 1.807) is 6.07 Å². The molecule has 1 N–H and O–H groups in total. The molecular weight excluding hydrogens is 361 g/mol. The van der Waals surface area contributed by atoms with Crippen LogP contribution in [0.25, 0.3) is 10.8 Å². The van der Waals surface area contributed by atoms with E-state index in [1.807, 2.05) is 31.2 Å². The lowest BCUT2D eigenvalue weighted by molar-refractivity contribution is -0.137. The van der Waals surface area contributed by atoms with Crippen molar-refractivity contribution in [1.29, 1.82) is 5.26 Å². The SMILES string of the molecule is Cc1ccccc1CSc1[nH]c(=O)c(C#N)c2ccc(C(F)(F)F)cc12. The summed E-state index contributed by atoms with van der Waals surface area (Å²) >= 11 is 1.24. The average Bonchev–Trinajstić information content (AvgIpc) is 2.59. The van der Waals surface area contributed by atoms with E-state index in [4.69, 9.17) is 0 Å². The first kappa shape index (κ1) is 18.1. The number of fused-ring (bicyclic) bond motifs is 1. The van der Waals surface area contributed by atoms with Gasteiger partial charge in [0.25, 0.3) is 5.56 Å². The molecule has 0 saturated heterocycles. The number of hydrogen-bond donors (Lipinski definition) is 1. The summed E-state index contributed by atoms with van der Waals surface area (Å²) in [5.74, 6) is 0.486. The largest absolute Gasteiger partial charge is 0.416 e. The third-order valence-electron chi connectivity index (χ3n) is 4.06. The maximum Gasteiger partial charge on any atom is 0.416 e. The number of aryl methyl sites for hydroxylation is 1. The summed E-state index contributed by atoms with van der Waals surface area (Å²) in [7, 11) is 0. The predicted molar refractivity (Wildman–Crippen MR) is 95.0 cm³/mol. The van der Waals surface area contributed by atoms with Crippen LogP contribution in [0.4, 0.5) is 13.2 Å². The smallest absolute Gasteiger partial charge is 0.315 e. The van der Waals surface area contributed by atoms with Gasteiger partial charge >= 0.3 is 6.18 Å². The number of halogens is 3. The number of pyridine rings is 1. The van der Waals surface area contributed by atoms with E-state index in [0.717, 1.165) is 23.3 Å². The van der Waals surface area contributed by atoms with Gasteiger partial charge in [-0.15, -0.1) is 11.8 Å². The second-order valence-electron chi connectivity index (χ2n) is 5.74. The monoisotopic (exact) mass is 374 g/mol. The van der Waals surface area contributed by atoms with Crippen LogP contribution in [0.5, 0.6) is 0 Å². The van der Waals surface area contributed by atoms with E-state index in [2.05, 4.69) is 4.98 Å². The molecule has 0 aliphatic heterocycles. The lowest BCUT2D eigenvalue weighted by Gasteiger charge is -2.12. The minimum absolute atomic E-state index is 0.186. The van der Waals surface area contributed by atoms with Crippen LogP contribution in [0, 0.1) is 18.3 Å². The molecule has 0 spiro atoms. The zero-order chi connectivity index (χ0) is 18.9. The summed E-state index contributed by atoms with van der Waals surface area (Å²) in [5, 5.41) is 9.94. The summed E-state index contributed by atoms with van der Waals surface area (Å²) in [6.45, 7) is 1.94. The number of benzene rings is 2. The Labute approximate surface area is 151 Å². The van der Waals surface area contributed by atoms with E-state index >= 15 is 0 Å². The quantitative estimate of drug-likeness (QED) is 0.655. The Morgan fingerprint density at radius 3 is 2.54 bits per heavy atom. The number of hydrogen-bond acceptors (Lipinski definition) is 3. The Hall–Kier alpha value is -2.72. The van der Waals surface area contributed by atoms with Crippen molar-refractivity contribution >= 4 is 22.5 Å². The second kappa shape index (κ2) is 6.89. The molecule has 0 bridgehead atoms. The van der Waals surface area contributed by atoms with Gasteiger partial charge in [-0.2, -0.15) is 18.4 Å². The van der Waals surface area contributed by atoms with Crippen LogP contribution >= 0.6 is 11.8 Å². The molecule has 0 atom stereocenters. The highest BCUT2D eigenvalue weighted by atomic mass is 32.2. The fraction of sp³-hybridized carbons (Fsp3) is 0.158. The van der Waals surface area contributed by atoms with Crippen LogP contribution in [0.15, 0.2) is 52.3 Å². The zero-order valence-corrected chi connectivity index (χ0v) is 14.5. The van der Waals surface area contributed by atoms with Gasteiger partial charge in [-0.3, -0.25) is 4.79 Å². The molecule has 3 aromatic rings. The summed E-state index contributed by atoms with van der Waals surface area (Å²) < 4.78 is 39.2. The average molecular weight is 374 g/mol. The van der Waals surface area contributed by atoms with Crippen molar-refractivity contribution in [2.75, 3.05) is 0 Å². The standard InChI is InChI=1S/C19H13F3N2OS/c1-11-4-2-3-5-12(11)10-26-18-15-8-13(19(20,21)22)6-7-14(15)16(9-23)17(25)24-18/h2-8H,10H2,1H3,(H,24,25). The molecule has 0 unspecified atom stereocenters. The maximum atomic E-state index is 13.1. The molecule has 0 aliphatic rings. The Bertz CT molecular complexity index is 1080. The third kappa shape index (κ3) is 3.46. The molecule has 0 amide bonds. The molecule has 2 aromatic carbocycles. The van der Waals surface area contributed by atoms with Crippen LogP contribution in [-0.2, 0) is 11.9 Å². The van der Waals surface area contributed by atoms with Crippen LogP contribution in [0.1, 0.15) is 22.3 Å². The van der Waals surface area contributed by atoms with Crippen molar-refractivity contribution in [2.45, 2.75) is 23.9 Å². The Kier molecular flexibility index (Phi) is 4.79. The summed E-state index contributed by atoms with van der Waals surface area (Å²) in [6, 6.07) is 12.5. The van der Waals surface area contributed by atoms with Crippen molar-refractivity contribution in [3.05, 3.63) is 75.1 Å². The molecule has 0 saturated carbocycles. The third-order valence-corrected chi connectivity index (χ3v) is 5.13. The Balaban J connectivity index is 2.13. The van der Waals surface area contributed by atoms with Crippen molar-refractivity contribution < 1.29 is 13.2 Å². The van der Waals surface area contributed by atoms with E-state index in [9.17, 15) is 23.2 Å². The summed E-state index contributed by atoms with van der Waals surface area (Å²) in [4.78, 5) is 14.7. The molecule has 26 heavy (non-hydrogen) atoms. The Morgan fingerprint density at radius 2 is 1.88 bits per heavy atom. The number of aromatic amines is 1. The molecule has 3 rings (SSSR count). The number of H-pyrrole nitrogens is 1. The van der Waals surface area contributed by atoms with Crippen LogP contribution in [0.3, 0.4) is 0 Å². The summed E-state index contributed by atoms with van der Waals surface area (Å²) in [6.07, 6.45) is -4.50. The number of nitriles is 1. The highest BCUT2D eigenvalue weighted by Gasteiger charge is 2.31. The molecule has 3 nitrogen and oxygen atoms in total. The van der Waals surface area contributed by atoms with Crippen molar-refractivity contribution in [2.24, 2.45) is 0 Å². The highest BCUT2D eigenvalue weighted by molar-refractivity contribution is 7.98. The van der Waals surface area contributed by atoms with Crippen molar-refractivity contribution in [3.63, 3.8) is 0 Å². The first-order valence-corrected chi connectivity index (χ1v) is 8.64. The maximum absolute atomic E-state index is 13.1. The van der Waals surface area contributed by atoms with Crippen LogP contribution < -0.4 is 5.56 Å². The highest BCUT2D eigenvalue weighted by Crippen LogP contribution is 2.35. The van der Waals surface area contributed by atoms with Gasteiger partial charge in [0.2, 0.25) is 0 Å². The molecule has 132 valence electrons. The predicted octanol–water partition coefficient (Wildman–Crippen LogP) is 5.02. The fourth-order valence-electron chi connectivity index (χ4n) is 2.63. The first-order chi connectivity index (χ1) is 12.3. The van der Waals surface area contributed by atoms with Gasteiger partial charge in [-0.05, 0) is 30.2 Å². The number of rotatable bonds is 3. The minimum Gasteiger partial charge on any atom is -0.315 e. The lowest BCUT2D eigenvalue weighted by Crippen LogP contribution is -2.13. The molecule has 7 heteroatoms. The molecule has 1 heterocycles. The van der Waals surface area contributed by atoms with Gasteiger partial charge in [0.1, 0.15) is 11.6 Å². The lowest BCUT2D eigenvalue weighted by atomic mass is 10.1. The molecule has 0 aliphatic carbocycles. The van der Waals surface area contributed by atoms with E-state index < -0.39 is 17.3 Å². The number of nitrogens with zero attached hydrogens (tertiary/aromatic N) is 1. The number of thioether (sulfide) groups is 1. The van der Waals surface area contributed by atoms with Gasteiger partial charge in [-0.1, -0.05) is 30.3 Å². The van der Waals surface area contributed by atoms with Gasteiger partial charge in [0.15, 0.2) is 0 Å². The van der Waals surface area contributed by atoms with E-state index in [-0.39, 0.29) is 16.3 Å².